The van der Waals surface area contributed by atoms with Crippen LogP contribution in [-0.4, -0.2) is 113 Å². The van der Waals surface area contributed by atoms with Crippen molar-refractivity contribution >= 4 is 45.3 Å². The number of hydrogen-bond donors (Lipinski definition) is 3. The van der Waals surface area contributed by atoms with Gasteiger partial charge in [0.1, 0.15) is 29.5 Å². The van der Waals surface area contributed by atoms with Crippen molar-refractivity contribution in [1.82, 2.24) is 34.9 Å². The highest BCUT2D eigenvalue weighted by Gasteiger charge is 2.33. The van der Waals surface area contributed by atoms with E-state index in [1.807, 2.05) is 30.0 Å². The normalized spacial score (nSPS) is 16.8. The lowest BCUT2D eigenvalue weighted by Gasteiger charge is -2.34. The van der Waals surface area contributed by atoms with E-state index in [2.05, 4.69) is 20.6 Å². The van der Waals surface area contributed by atoms with Crippen LogP contribution in [0.2, 0.25) is 0 Å². The Morgan fingerprint density at radius 3 is 2.51 bits per heavy atom. The van der Waals surface area contributed by atoms with E-state index in [1.54, 1.807) is 51.1 Å². The minimum atomic E-state index is -3.36. The maximum absolute atomic E-state index is 14.3. The zero-order valence-electron chi connectivity index (χ0n) is 35.1. The number of aliphatic hydroxyl groups excluding tert-OH is 1. The molecular formula is C44H52F2N8O7. The van der Waals surface area contributed by atoms with Crippen LogP contribution in [0, 0.1) is 6.92 Å². The highest BCUT2D eigenvalue weighted by molar-refractivity contribution is 6.03. The fourth-order valence-electron chi connectivity index (χ4n) is 8.28. The number of nitrogens with one attached hydrogen (secondary N) is 2. The average Bonchev–Trinajstić information content (AvgIpc) is 3.60. The van der Waals surface area contributed by atoms with E-state index >= 15 is 0 Å². The number of alkyl halides is 2. The van der Waals surface area contributed by atoms with E-state index in [0.717, 1.165) is 43.4 Å². The molecule has 2 aliphatic rings. The number of piperazine rings is 1. The van der Waals surface area contributed by atoms with Crippen LogP contribution < -0.4 is 24.8 Å². The summed E-state index contributed by atoms with van der Waals surface area (Å²) in [7, 11) is 4.94. The first-order valence-corrected chi connectivity index (χ1v) is 20.5. The molecule has 2 unspecified atom stereocenters. The number of anilines is 1. The van der Waals surface area contributed by atoms with Gasteiger partial charge >= 0.3 is 0 Å². The van der Waals surface area contributed by atoms with Crippen LogP contribution in [0.25, 0.3) is 21.8 Å². The first kappa shape index (κ1) is 43.2. The second-order valence-electron chi connectivity index (χ2n) is 15.6. The van der Waals surface area contributed by atoms with E-state index in [-0.39, 0.29) is 36.3 Å². The third-order valence-corrected chi connectivity index (χ3v) is 11.6. The SMILES string of the molecule is COc1cc2c(NC(C)c3cccc(C(F)(F)CO)c3)nc(C)nc2c(CCCCN2CCN(C(=O)COc3cccc4c(C5CCC(=O)NC5=O)nn(C)c34)CC2)c1OC. The van der Waals surface area contributed by atoms with Crippen molar-refractivity contribution in [3.8, 4) is 17.2 Å². The lowest BCUT2D eigenvalue weighted by atomic mass is 9.93. The number of aliphatic hydroxyl groups is 1. The summed E-state index contributed by atoms with van der Waals surface area (Å²) in [5, 5.41) is 21.1. The molecule has 61 heavy (non-hydrogen) atoms. The lowest BCUT2D eigenvalue weighted by Crippen LogP contribution is -2.50. The number of carbonyl (C=O) groups is 3. The van der Waals surface area contributed by atoms with Gasteiger partial charge in [-0.25, -0.2) is 9.97 Å². The third kappa shape index (κ3) is 9.22. The third-order valence-electron chi connectivity index (χ3n) is 11.6. The van der Waals surface area contributed by atoms with E-state index in [1.165, 1.54) is 12.1 Å². The number of piperidine rings is 1. The molecule has 4 heterocycles. The van der Waals surface area contributed by atoms with Gasteiger partial charge in [0.15, 0.2) is 18.1 Å². The molecule has 2 saturated heterocycles. The molecule has 0 saturated carbocycles. The number of para-hydroxylation sites is 1. The van der Waals surface area contributed by atoms with Crippen molar-refractivity contribution in [3.63, 3.8) is 0 Å². The molecular weight excluding hydrogens is 791 g/mol. The van der Waals surface area contributed by atoms with Crippen molar-refractivity contribution in [2.45, 2.75) is 63.8 Å². The van der Waals surface area contributed by atoms with Crippen molar-refractivity contribution < 1.29 is 42.5 Å². The smallest absolute Gasteiger partial charge is 0.295 e. The molecule has 2 aliphatic heterocycles. The topological polar surface area (TPSA) is 173 Å². The number of amides is 3. The van der Waals surface area contributed by atoms with Gasteiger partial charge in [0.25, 0.3) is 11.8 Å². The number of carbonyl (C=O) groups excluding carboxylic acids is 3. The Morgan fingerprint density at radius 2 is 1.79 bits per heavy atom. The standard InChI is InChI=1S/C44H52F2N8O7/c1-26(28-10-8-11-29(22-28)44(45,46)25-55)47-42-33-23-35(59-4)41(60-5)31(38(33)48-27(2)49-42)12-6-7-17-53-18-20-54(21-19-53)37(57)24-61-34-14-9-13-30-39(51-52(3)40(30)34)32-15-16-36(56)50-43(32)58/h8-11,13-14,22-23,26,32,55H,6-7,12,15-21,24-25H2,1-5H3,(H,47,48,49)(H,50,56,58). The van der Waals surface area contributed by atoms with Crippen molar-refractivity contribution in [2.75, 3.05) is 65.5 Å². The molecule has 0 aliphatic carbocycles. The number of benzene rings is 3. The first-order valence-electron chi connectivity index (χ1n) is 20.5. The zero-order chi connectivity index (χ0) is 43.4. The van der Waals surface area contributed by atoms with Crippen molar-refractivity contribution in [3.05, 3.63) is 76.7 Å². The molecule has 2 atom stereocenters. The Bertz CT molecular complexity index is 2430. The summed E-state index contributed by atoms with van der Waals surface area (Å²) in [5.74, 6) is -1.98. The van der Waals surface area contributed by atoms with E-state index < -0.39 is 24.5 Å². The van der Waals surface area contributed by atoms with Crippen LogP contribution in [0.15, 0.2) is 48.5 Å². The van der Waals surface area contributed by atoms with Crippen LogP contribution in [0.5, 0.6) is 17.2 Å². The molecule has 324 valence electrons. The maximum Gasteiger partial charge on any atom is 0.295 e. The summed E-state index contributed by atoms with van der Waals surface area (Å²) in [4.78, 5) is 51.3. The molecule has 17 heteroatoms. The minimum absolute atomic E-state index is 0.112. The number of nitrogens with zero attached hydrogens (tertiary/aromatic N) is 6. The number of hydrogen-bond acceptors (Lipinski definition) is 12. The number of unbranched alkanes of at least 4 members (excludes halogenated alkanes) is 1. The number of aryl methyl sites for hydroxylation is 3. The molecule has 3 aromatic carbocycles. The molecule has 0 bridgehead atoms. The van der Waals surface area contributed by atoms with Gasteiger partial charge in [0.2, 0.25) is 11.8 Å². The Kier molecular flexibility index (Phi) is 13.0. The molecule has 7 rings (SSSR count). The van der Waals surface area contributed by atoms with Gasteiger partial charge in [0.05, 0.1) is 31.3 Å². The Morgan fingerprint density at radius 1 is 1.02 bits per heavy atom. The maximum atomic E-state index is 14.3. The molecule has 0 radical (unpaired) electrons. The Hall–Kier alpha value is -5.94. The molecule has 15 nitrogen and oxygen atoms in total. The molecule has 3 N–H and O–H groups in total. The monoisotopic (exact) mass is 842 g/mol. The Labute approximate surface area is 352 Å². The summed E-state index contributed by atoms with van der Waals surface area (Å²) in [6.07, 6.45) is 2.99. The number of fused-ring (bicyclic) bond motifs is 2. The number of ether oxygens (including phenoxy) is 3. The second-order valence-corrected chi connectivity index (χ2v) is 15.6. The quantitative estimate of drug-likeness (QED) is 0.0881. The number of rotatable bonds is 16. The number of aromatic nitrogens is 4. The van der Waals surface area contributed by atoms with Crippen LogP contribution in [-0.2, 0) is 33.8 Å². The summed E-state index contributed by atoms with van der Waals surface area (Å²) in [6.45, 7) is 5.69. The molecule has 2 fully saturated rings. The van der Waals surface area contributed by atoms with Crippen molar-refractivity contribution in [2.24, 2.45) is 7.05 Å². The highest BCUT2D eigenvalue weighted by Crippen LogP contribution is 2.41. The van der Waals surface area contributed by atoms with E-state index in [9.17, 15) is 28.3 Å². The van der Waals surface area contributed by atoms with Gasteiger partial charge in [-0.1, -0.05) is 30.3 Å². The molecule has 2 aromatic heterocycles. The van der Waals surface area contributed by atoms with Gasteiger partial charge in [-0.2, -0.15) is 13.9 Å². The first-order chi connectivity index (χ1) is 29.3. The van der Waals surface area contributed by atoms with Crippen LogP contribution >= 0.6 is 0 Å². The van der Waals surface area contributed by atoms with Gasteiger partial charge in [-0.3, -0.25) is 29.3 Å². The molecule has 0 spiro atoms. The van der Waals surface area contributed by atoms with E-state index in [0.29, 0.717) is 82.5 Å². The van der Waals surface area contributed by atoms with Crippen LogP contribution in [0.3, 0.4) is 0 Å². The Balaban J connectivity index is 0.949. The molecule has 5 aromatic rings. The van der Waals surface area contributed by atoms with Crippen molar-refractivity contribution in [1.29, 1.82) is 0 Å². The summed E-state index contributed by atoms with van der Waals surface area (Å²) < 4.78 is 48.0. The van der Waals surface area contributed by atoms with Gasteiger partial charge < -0.3 is 29.5 Å². The van der Waals surface area contributed by atoms with Gasteiger partial charge in [0, 0.05) is 67.6 Å². The zero-order valence-corrected chi connectivity index (χ0v) is 35.1. The highest BCUT2D eigenvalue weighted by atomic mass is 19.3. The summed E-state index contributed by atoms with van der Waals surface area (Å²) >= 11 is 0. The minimum Gasteiger partial charge on any atom is -0.493 e. The second kappa shape index (κ2) is 18.4. The number of imide groups is 1. The van der Waals surface area contributed by atoms with E-state index in [4.69, 9.17) is 24.2 Å². The fraction of sp³-hybridized carbons (Fsp3) is 0.455. The summed E-state index contributed by atoms with van der Waals surface area (Å²) in [5.41, 5.74) is 3.20. The predicted octanol–water partition coefficient (Wildman–Crippen LogP) is 5.17. The van der Waals surface area contributed by atoms with Gasteiger partial charge in [-0.05, 0) is 69.8 Å². The average molecular weight is 843 g/mol. The molecule has 3 amide bonds. The largest absolute Gasteiger partial charge is 0.493 e. The lowest BCUT2D eigenvalue weighted by molar-refractivity contribution is -0.135. The van der Waals surface area contributed by atoms with Crippen LogP contribution in [0.1, 0.15) is 72.8 Å². The predicted molar refractivity (Wildman–Crippen MR) is 224 cm³/mol. The number of methoxy groups -OCH3 is 2. The summed E-state index contributed by atoms with van der Waals surface area (Å²) in [6, 6.07) is 12.9. The van der Waals surface area contributed by atoms with Gasteiger partial charge in [-0.15, -0.1) is 0 Å². The number of halogens is 2. The fourth-order valence-corrected chi connectivity index (χ4v) is 8.28. The van der Waals surface area contributed by atoms with Crippen LogP contribution in [0.4, 0.5) is 14.6 Å².